The largest absolute Gasteiger partial charge is 0.492 e. The molecule has 0 aliphatic heterocycles. The molecule has 0 heterocycles. The molecule has 0 radical (unpaired) electrons. The van der Waals surface area contributed by atoms with E-state index in [0.29, 0.717) is 17.9 Å². The van der Waals surface area contributed by atoms with Gasteiger partial charge in [-0.25, -0.2) is 0 Å². The number of amides is 1. The summed E-state index contributed by atoms with van der Waals surface area (Å²) in [5.41, 5.74) is 2.41. The molecule has 0 fully saturated rings. The SMILES string of the molecule is O=C(NC(=S)Nc1cccc(Br)c1)c1ccccc1OCCc1ccccc1. The van der Waals surface area contributed by atoms with E-state index in [1.54, 1.807) is 18.2 Å². The summed E-state index contributed by atoms with van der Waals surface area (Å²) < 4.78 is 6.77. The fraction of sp³-hybridized carbons (Fsp3) is 0.0909. The number of halogens is 1. The number of anilines is 1. The smallest absolute Gasteiger partial charge is 0.261 e. The molecule has 0 aliphatic rings. The molecule has 0 aromatic heterocycles. The number of ether oxygens (including phenoxy) is 1. The minimum atomic E-state index is -0.317. The molecule has 3 aromatic carbocycles. The Balaban J connectivity index is 1.59. The predicted molar refractivity (Wildman–Crippen MR) is 120 cm³/mol. The Hall–Kier alpha value is -2.70. The number of carbonyl (C=O) groups excluding carboxylic acids is 1. The van der Waals surface area contributed by atoms with Crippen molar-refractivity contribution in [3.63, 3.8) is 0 Å². The van der Waals surface area contributed by atoms with Crippen LogP contribution in [0, 0.1) is 0 Å². The van der Waals surface area contributed by atoms with E-state index in [9.17, 15) is 4.79 Å². The Kier molecular flexibility index (Phi) is 7.17. The van der Waals surface area contributed by atoms with Gasteiger partial charge in [0.25, 0.3) is 5.91 Å². The van der Waals surface area contributed by atoms with Gasteiger partial charge in [0.15, 0.2) is 5.11 Å². The Bertz CT molecular complexity index is 964. The van der Waals surface area contributed by atoms with E-state index in [-0.39, 0.29) is 11.0 Å². The zero-order chi connectivity index (χ0) is 19.8. The van der Waals surface area contributed by atoms with Crippen LogP contribution in [0.2, 0.25) is 0 Å². The van der Waals surface area contributed by atoms with Gasteiger partial charge in [-0.2, -0.15) is 0 Å². The summed E-state index contributed by atoms with van der Waals surface area (Å²) in [6, 6.07) is 24.7. The first kappa shape index (κ1) is 20.0. The lowest BCUT2D eigenvalue weighted by Gasteiger charge is -2.13. The van der Waals surface area contributed by atoms with Gasteiger partial charge in [-0.15, -0.1) is 0 Å². The van der Waals surface area contributed by atoms with Crippen molar-refractivity contribution in [2.45, 2.75) is 6.42 Å². The number of carbonyl (C=O) groups is 1. The Labute approximate surface area is 178 Å². The van der Waals surface area contributed by atoms with Crippen LogP contribution in [0.25, 0.3) is 0 Å². The summed E-state index contributed by atoms with van der Waals surface area (Å²) in [7, 11) is 0. The molecule has 0 unspecified atom stereocenters. The number of para-hydroxylation sites is 1. The van der Waals surface area contributed by atoms with Crippen molar-refractivity contribution in [1.29, 1.82) is 0 Å². The first-order valence-electron chi connectivity index (χ1n) is 8.75. The van der Waals surface area contributed by atoms with Crippen molar-refractivity contribution in [2.75, 3.05) is 11.9 Å². The van der Waals surface area contributed by atoms with Gasteiger partial charge in [0.05, 0.1) is 12.2 Å². The molecule has 28 heavy (non-hydrogen) atoms. The summed E-state index contributed by atoms with van der Waals surface area (Å²) in [6.45, 7) is 0.481. The van der Waals surface area contributed by atoms with Gasteiger partial charge in [0.2, 0.25) is 0 Å². The number of hydrogen-bond donors (Lipinski definition) is 2. The minimum absolute atomic E-state index is 0.224. The number of thiocarbonyl (C=S) groups is 1. The maximum atomic E-state index is 12.6. The van der Waals surface area contributed by atoms with Gasteiger partial charge < -0.3 is 10.1 Å². The maximum Gasteiger partial charge on any atom is 0.261 e. The van der Waals surface area contributed by atoms with E-state index in [0.717, 1.165) is 16.6 Å². The zero-order valence-corrected chi connectivity index (χ0v) is 17.4. The van der Waals surface area contributed by atoms with Crippen LogP contribution in [-0.2, 0) is 6.42 Å². The molecule has 2 N–H and O–H groups in total. The summed E-state index contributed by atoms with van der Waals surface area (Å²) in [5, 5.41) is 5.92. The summed E-state index contributed by atoms with van der Waals surface area (Å²) in [5.74, 6) is 0.212. The van der Waals surface area contributed by atoms with Gasteiger partial charge in [-0.1, -0.05) is 64.5 Å². The van der Waals surface area contributed by atoms with E-state index in [4.69, 9.17) is 17.0 Å². The molecular formula is C22H19BrN2O2S. The Morgan fingerprint density at radius 1 is 0.964 bits per heavy atom. The summed E-state index contributed by atoms with van der Waals surface area (Å²) in [4.78, 5) is 12.6. The second kappa shape index (κ2) is 10.0. The molecule has 4 nitrogen and oxygen atoms in total. The molecule has 3 aromatic rings. The third-order valence-electron chi connectivity index (χ3n) is 3.93. The lowest BCUT2D eigenvalue weighted by molar-refractivity contribution is 0.0974. The quantitative estimate of drug-likeness (QED) is 0.502. The normalized spacial score (nSPS) is 10.2. The molecule has 0 saturated heterocycles. The number of benzene rings is 3. The molecule has 0 atom stereocenters. The highest BCUT2D eigenvalue weighted by molar-refractivity contribution is 9.10. The number of rotatable bonds is 6. The van der Waals surface area contributed by atoms with Crippen LogP contribution < -0.4 is 15.4 Å². The van der Waals surface area contributed by atoms with E-state index in [1.165, 1.54) is 5.56 Å². The Morgan fingerprint density at radius 2 is 1.71 bits per heavy atom. The molecule has 1 amide bonds. The molecule has 3 rings (SSSR count). The minimum Gasteiger partial charge on any atom is -0.492 e. The fourth-order valence-corrected chi connectivity index (χ4v) is 3.21. The molecule has 142 valence electrons. The van der Waals surface area contributed by atoms with Crippen molar-refractivity contribution < 1.29 is 9.53 Å². The standard InChI is InChI=1S/C22H19BrN2O2S/c23-17-9-6-10-18(15-17)24-22(28)25-21(26)19-11-4-5-12-20(19)27-14-13-16-7-2-1-3-8-16/h1-12,15H,13-14H2,(H2,24,25,26,28). The number of hydrogen-bond acceptors (Lipinski definition) is 3. The highest BCUT2D eigenvalue weighted by atomic mass is 79.9. The van der Waals surface area contributed by atoms with E-state index in [2.05, 4.69) is 26.6 Å². The first-order valence-corrected chi connectivity index (χ1v) is 9.95. The van der Waals surface area contributed by atoms with Crippen LogP contribution in [0.4, 0.5) is 5.69 Å². The van der Waals surface area contributed by atoms with Crippen LogP contribution in [0.1, 0.15) is 15.9 Å². The molecule has 0 bridgehead atoms. The lowest BCUT2D eigenvalue weighted by atomic mass is 10.1. The monoisotopic (exact) mass is 454 g/mol. The lowest BCUT2D eigenvalue weighted by Crippen LogP contribution is -2.34. The number of nitrogens with one attached hydrogen (secondary N) is 2. The predicted octanol–water partition coefficient (Wildman–Crippen LogP) is 5.20. The topological polar surface area (TPSA) is 50.4 Å². The third kappa shape index (κ3) is 5.90. The fourth-order valence-electron chi connectivity index (χ4n) is 2.60. The van der Waals surface area contributed by atoms with Gasteiger partial charge in [0, 0.05) is 16.6 Å². The first-order chi connectivity index (χ1) is 13.6. The summed E-state index contributed by atoms with van der Waals surface area (Å²) >= 11 is 8.65. The van der Waals surface area contributed by atoms with Gasteiger partial charge >= 0.3 is 0 Å². The zero-order valence-electron chi connectivity index (χ0n) is 15.0. The average molecular weight is 455 g/mol. The third-order valence-corrected chi connectivity index (χ3v) is 4.63. The maximum absolute atomic E-state index is 12.6. The highest BCUT2D eigenvalue weighted by Crippen LogP contribution is 2.19. The molecule has 6 heteroatoms. The van der Waals surface area contributed by atoms with Crippen LogP contribution in [0.15, 0.2) is 83.3 Å². The molecule has 0 spiro atoms. The highest BCUT2D eigenvalue weighted by Gasteiger charge is 2.13. The molecule has 0 saturated carbocycles. The van der Waals surface area contributed by atoms with Crippen molar-refractivity contribution in [3.05, 3.63) is 94.5 Å². The van der Waals surface area contributed by atoms with Crippen LogP contribution in [-0.4, -0.2) is 17.6 Å². The van der Waals surface area contributed by atoms with Crippen molar-refractivity contribution in [3.8, 4) is 5.75 Å². The van der Waals surface area contributed by atoms with Crippen LogP contribution >= 0.6 is 28.1 Å². The van der Waals surface area contributed by atoms with Gasteiger partial charge in [-0.3, -0.25) is 10.1 Å². The van der Waals surface area contributed by atoms with E-state index < -0.39 is 0 Å². The van der Waals surface area contributed by atoms with Crippen molar-refractivity contribution in [2.24, 2.45) is 0 Å². The van der Waals surface area contributed by atoms with E-state index >= 15 is 0 Å². The molecule has 0 aliphatic carbocycles. The van der Waals surface area contributed by atoms with Gasteiger partial charge in [0.1, 0.15) is 5.75 Å². The molecular weight excluding hydrogens is 436 g/mol. The second-order valence-corrected chi connectivity index (χ2v) is 7.32. The Morgan fingerprint density at radius 3 is 2.50 bits per heavy atom. The van der Waals surface area contributed by atoms with Crippen LogP contribution in [0.5, 0.6) is 5.75 Å². The second-order valence-electron chi connectivity index (χ2n) is 6.00. The van der Waals surface area contributed by atoms with Crippen molar-refractivity contribution >= 4 is 44.9 Å². The van der Waals surface area contributed by atoms with Gasteiger partial charge in [-0.05, 0) is 48.1 Å². The average Bonchev–Trinajstić information content (AvgIpc) is 2.69. The summed E-state index contributed by atoms with van der Waals surface area (Å²) in [6.07, 6.45) is 0.764. The van der Waals surface area contributed by atoms with Crippen molar-refractivity contribution in [1.82, 2.24) is 5.32 Å². The van der Waals surface area contributed by atoms with Crippen LogP contribution in [0.3, 0.4) is 0 Å². The van der Waals surface area contributed by atoms with E-state index in [1.807, 2.05) is 60.7 Å².